The van der Waals surface area contributed by atoms with Gasteiger partial charge in [-0.3, -0.25) is 0 Å². The molecule has 0 aliphatic heterocycles. The van der Waals surface area contributed by atoms with Crippen molar-refractivity contribution in [3.8, 4) is 0 Å². The Morgan fingerprint density at radius 1 is 1.11 bits per heavy atom. The van der Waals surface area contributed by atoms with Crippen LogP contribution in [0.5, 0.6) is 0 Å². The summed E-state index contributed by atoms with van der Waals surface area (Å²) in [6, 6.07) is 11.7. The second-order valence-electron chi connectivity index (χ2n) is 4.03. The van der Waals surface area contributed by atoms with E-state index in [-0.39, 0.29) is 11.4 Å². The van der Waals surface area contributed by atoms with Crippen LogP contribution in [0.2, 0.25) is 0 Å². The second kappa shape index (κ2) is 5.38. The van der Waals surface area contributed by atoms with Gasteiger partial charge in [-0.05, 0) is 35.9 Å². The molecule has 0 amide bonds. The number of hydrogen-bond donors (Lipinski definition) is 2. The number of sulfonamides is 1. The van der Waals surface area contributed by atoms with Crippen LogP contribution in [0.1, 0.15) is 5.56 Å². The maximum atomic E-state index is 13.0. The highest BCUT2D eigenvalue weighted by Crippen LogP contribution is 2.12. The van der Waals surface area contributed by atoms with Gasteiger partial charge in [0.1, 0.15) is 5.82 Å². The summed E-state index contributed by atoms with van der Waals surface area (Å²) in [6.45, 7) is 0.101. The Hall–Kier alpha value is -1.92. The summed E-state index contributed by atoms with van der Waals surface area (Å²) >= 11 is 0. The van der Waals surface area contributed by atoms with Gasteiger partial charge < -0.3 is 5.73 Å². The summed E-state index contributed by atoms with van der Waals surface area (Å²) in [7, 11) is -3.72. The standard InChI is InChI=1S/C13H13FN2O2S/c14-11-4-2-6-13(8-11)19(17,18)16-9-10-3-1-5-12(15)7-10/h1-8,16H,9,15H2. The molecule has 0 heterocycles. The third-order valence-corrected chi connectivity index (χ3v) is 3.92. The fraction of sp³-hybridized carbons (Fsp3) is 0.0769. The second-order valence-corrected chi connectivity index (χ2v) is 5.79. The Balaban J connectivity index is 2.14. The largest absolute Gasteiger partial charge is 0.399 e. The quantitative estimate of drug-likeness (QED) is 0.840. The molecule has 100 valence electrons. The van der Waals surface area contributed by atoms with Crippen molar-refractivity contribution in [1.82, 2.24) is 4.72 Å². The molecule has 4 nitrogen and oxygen atoms in total. The minimum atomic E-state index is -3.72. The summed E-state index contributed by atoms with van der Waals surface area (Å²) in [6.07, 6.45) is 0. The molecule has 0 spiro atoms. The predicted octanol–water partition coefficient (Wildman–Crippen LogP) is 1.89. The summed E-state index contributed by atoms with van der Waals surface area (Å²) in [5.41, 5.74) is 6.90. The molecule has 0 radical (unpaired) electrons. The van der Waals surface area contributed by atoms with Gasteiger partial charge >= 0.3 is 0 Å². The summed E-state index contributed by atoms with van der Waals surface area (Å²) < 4.78 is 39.3. The average Bonchev–Trinajstić information content (AvgIpc) is 2.37. The van der Waals surface area contributed by atoms with E-state index in [0.717, 1.165) is 11.6 Å². The van der Waals surface area contributed by atoms with E-state index in [1.807, 2.05) is 0 Å². The van der Waals surface area contributed by atoms with E-state index in [2.05, 4.69) is 4.72 Å². The minimum absolute atomic E-state index is 0.101. The van der Waals surface area contributed by atoms with E-state index in [4.69, 9.17) is 5.73 Å². The highest BCUT2D eigenvalue weighted by Gasteiger charge is 2.14. The van der Waals surface area contributed by atoms with Crippen LogP contribution in [0.25, 0.3) is 0 Å². The lowest BCUT2D eigenvalue weighted by atomic mass is 10.2. The molecule has 0 atom stereocenters. The molecule has 0 bridgehead atoms. The number of nitrogen functional groups attached to an aromatic ring is 1. The van der Waals surface area contributed by atoms with Crippen LogP contribution in [0, 0.1) is 5.82 Å². The molecule has 2 aromatic rings. The Bertz CT molecular complexity index is 687. The Morgan fingerprint density at radius 3 is 2.53 bits per heavy atom. The summed E-state index contributed by atoms with van der Waals surface area (Å²) in [4.78, 5) is -0.101. The van der Waals surface area contributed by atoms with Crippen molar-refractivity contribution in [1.29, 1.82) is 0 Å². The van der Waals surface area contributed by atoms with Gasteiger partial charge in [-0.15, -0.1) is 0 Å². The van der Waals surface area contributed by atoms with Gasteiger partial charge in [0.2, 0.25) is 10.0 Å². The lowest BCUT2D eigenvalue weighted by molar-refractivity contribution is 0.577. The molecule has 6 heteroatoms. The lowest BCUT2D eigenvalue weighted by Gasteiger charge is -2.07. The molecular formula is C13H13FN2O2S. The zero-order chi connectivity index (χ0) is 13.9. The van der Waals surface area contributed by atoms with E-state index in [9.17, 15) is 12.8 Å². The SMILES string of the molecule is Nc1cccc(CNS(=O)(=O)c2cccc(F)c2)c1. The summed E-state index contributed by atoms with van der Waals surface area (Å²) in [5.74, 6) is -0.591. The maximum absolute atomic E-state index is 13.0. The van der Waals surface area contributed by atoms with E-state index in [0.29, 0.717) is 5.69 Å². The van der Waals surface area contributed by atoms with Crippen molar-refractivity contribution in [3.63, 3.8) is 0 Å². The van der Waals surface area contributed by atoms with Crippen LogP contribution in [-0.4, -0.2) is 8.42 Å². The molecule has 0 fully saturated rings. The van der Waals surface area contributed by atoms with Gasteiger partial charge in [0.15, 0.2) is 0 Å². The Morgan fingerprint density at radius 2 is 1.84 bits per heavy atom. The van der Waals surface area contributed by atoms with Crippen LogP contribution >= 0.6 is 0 Å². The molecule has 2 rings (SSSR count). The smallest absolute Gasteiger partial charge is 0.240 e. The molecule has 3 N–H and O–H groups in total. The van der Waals surface area contributed by atoms with Gasteiger partial charge in [-0.25, -0.2) is 17.5 Å². The van der Waals surface area contributed by atoms with Gasteiger partial charge in [0.05, 0.1) is 4.90 Å². The maximum Gasteiger partial charge on any atom is 0.240 e. The first-order valence-electron chi connectivity index (χ1n) is 5.57. The van der Waals surface area contributed by atoms with Crippen molar-refractivity contribution < 1.29 is 12.8 Å². The van der Waals surface area contributed by atoms with Gasteiger partial charge in [-0.2, -0.15) is 0 Å². The van der Waals surface area contributed by atoms with Crippen LogP contribution in [0.15, 0.2) is 53.4 Å². The third-order valence-electron chi connectivity index (χ3n) is 2.52. The Kier molecular flexibility index (Phi) is 3.82. The van der Waals surface area contributed by atoms with Crippen molar-refractivity contribution in [2.45, 2.75) is 11.4 Å². The highest BCUT2D eigenvalue weighted by atomic mass is 32.2. The third kappa shape index (κ3) is 3.52. The fourth-order valence-electron chi connectivity index (χ4n) is 1.60. The molecule has 19 heavy (non-hydrogen) atoms. The van der Waals surface area contributed by atoms with E-state index in [1.165, 1.54) is 18.2 Å². The number of rotatable bonds is 4. The van der Waals surface area contributed by atoms with Crippen molar-refractivity contribution in [2.75, 3.05) is 5.73 Å². The zero-order valence-corrected chi connectivity index (χ0v) is 10.8. The summed E-state index contributed by atoms with van der Waals surface area (Å²) in [5, 5.41) is 0. The van der Waals surface area contributed by atoms with E-state index < -0.39 is 15.8 Å². The van der Waals surface area contributed by atoms with Gasteiger partial charge in [0, 0.05) is 12.2 Å². The highest BCUT2D eigenvalue weighted by molar-refractivity contribution is 7.89. The molecule has 0 saturated heterocycles. The number of halogens is 1. The number of hydrogen-bond acceptors (Lipinski definition) is 3. The average molecular weight is 280 g/mol. The number of nitrogens with two attached hydrogens (primary N) is 1. The van der Waals surface area contributed by atoms with Crippen molar-refractivity contribution >= 4 is 15.7 Å². The first kappa shape index (κ1) is 13.5. The van der Waals surface area contributed by atoms with Crippen molar-refractivity contribution in [3.05, 3.63) is 59.9 Å². The number of benzene rings is 2. The first-order chi connectivity index (χ1) is 8.97. The number of nitrogens with one attached hydrogen (secondary N) is 1. The van der Waals surface area contributed by atoms with Gasteiger partial charge in [0.25, 0.3) is 0 Å². The van der Waals surface area contributed by atoms with Crippen molar-refractivity contribution in [2.24, 2.45) is 0 Å². The molecule has 2 aromatic carbocycles. The van der Waals surface area contributed by atoms with E-state index >= 15 is 0 Å². The molecule has 0 aliphatic rings. The zero-order valence-electron chi connectivity index (χ0n) is 10.0. The van der Waals surface area contributed by atoms with Crippen LogP contribution in [-0.2, 0) is 16.6 Å². The molecule has 0 aliphatic carbocycles. The fourth-order valence-corrected chi connectivity index (χ4v) is 2.65. The van der Waals surface area contributed by atoms with Crippen LogP contribution in [0.3, 0.4) is 0 Å². The minimum Gasteiger partial charge on any atom is -0.399 e. The molecule has 0 unspecified atom stereocenters. The van der Waals surface area contributed by atoms with Crippen LogP contribution in [0.4, 0.5) is 10.1 Å². The Labute approximate surface area is 111 Å². The predicted molar refractivity (Wildman–Crippen MR) is 71.3 cm³/mol. The van der Waals surface area contributed by atoms with Gasteiger partial charge in [-0.1, -0.05) is 18.2 Å². The topological polar surface area (TPSA) is 72.2 Å². The first-order valence-corrected chi connectivity index (χ1v) is 7.05. The molecule has 0 aromatic heterocycles. The normalized spacial score (nSPS) is 11.4. The monoisotopic (exact) mass is 280 g/mol. The number of anilines is 1. The van der Waals surface area contributed by atoms with E-state index in [1.54, 1.807) is 24.3 Å². The molecular weight excluding hydrogens is 267 g/mol. The molecule has 0 saturated carbocycles. The van der Waals surface area contributed by atoms with Crippen LogP contribution < -0.4 is 10.5 Å². The lowest BCUT2D eigenvalue weighted by Crippen LogP contribution is -2.23.